The number of hydrogen-bond donors (Lipinski definition) is 2. The number of aromatic nitrogens is 2. The third kappa shape index (κ3) is 2.95. The quantitative estimate of drug-likeness (QED) is 0.779. The zero-order valence-electron chi connectivity index (χ0n) is 11.8. The molecular weight excluding hydrogens is 288 g/mol. The van der Waals surface area contributed by atoms with Gasteiger partial charge in [0.1, 0.15) is 5.82 Å². The van der Waals surface area contributed by atoms with E-state index in [0.29, 0.717) is 0 Å². The van der Waals surface area contributed by atoms with Crippen LogP contribution in [0.15, 0.2) is 36.4 Å². The molecule has 1 amide bonds. The summed E-state index contributed by atoms with van der Waals surface area (Å²) in [5.41, 5.74) is 2.72. The zero-order valence-corrected chi connectivity index (χ0v) is 11.8. The van der Waals surface area contributed by atoms with E-state index in [-0.39, 0.29) is 18.0 Å². The predicted molar refractivity (Wildman–Crippen MR) is 79.5 cm³/mol. The van der Waals surface area contributed by atoms with Gasteiger partial charge in [-0.2, -0.15) is 0 Å². The van der Waals surface area contributed by atoms with Crippen LogP contribution in [-0.4, -0.2) is 15.9 Å². The smallest absolute Gasteiger partial charge is 0.228 e. The minimum Gasteiger partial charge on any atom is -0.342 e. The van der Waals surface area contributed by atoms with Crippen molar-refractivity contribution in [2.45, 2.75) is 13.3 Å². The second-order valence-corrected chi connectivity index (χ2v) is 5.03. The molecule has 112 valence electrons. The number of fused-ring (bicyclic) bond motifs is 1. The molecule has 0 atom stereocenters. The molecule has 0 aliphatic carbocycles. The lowest BCUT2D eigenvalue weighted by molar-refractivity contribution is -0.115. The molecule has 0 fully saturated rings. The van der Waals surface area contributed by atoms with Gasteiger partial charge in [0.2, 0.25) is 5.91 Å². The largest absolute Gasteiger partial charge is 0.342 e. The highest BCUT2D eigenvalue weighted by molar-refractivity contribution is 5.92. The summed E-state index contributed by atoms with van der Waals surface area (Å²) in [7, 11) is 0. The molecule has 0 unspecified atom stereocenters. The first-order valence-corrected chi connectivity index (χ1v) is 6.71. The first kappa shape index (κ1) is 14.2. The van der Waals surface area contributed by atoms with Gasteiger partial charge in [-0.15, -0.1) is 0 Å². The summed E-state index contributed by atoms with van der Waals surface area (Å²) in [4.78, 5) is 19.4. The van der Waals surface area contributed by atoms with E-state index < -0.39 is 11.6 Å². The van der Waals surface area contributed by atoms with E-state index in [1.807, 2.05) is 25.1 Å². The van der Waals surface area contributed by atoms with Crippen molar-refractivity contribution in [1.29, 1.82) is 0 Å². The lowest BCUT2D eigenvalue weighted by atomic mass is 10.1. The fourth-order valence-corrected chi connectivity index (χ4v) is 2.26. The lowest BCUT2D eigenvalue weighted by Crippen LogP contribution is -2.14. The SMILES string of the molecule is Cc1nc2ccc(CC(=O)Nc3ccc(F)c(F)c3)cc2[nH]1. The molecule has 2 aromatic carbocycles. The summed E-state index contributed by atoms with van der Waals surface area (Å²) in [6.07, 6.45) is 0.132. The number of nitrogens with zero attached hydrogens (tertiary/aromatic N) is 1. The van der Waals surface area contributed by atoms with Crippen LogP contribution < -0.4 is 5.32 Å². The summed E-state index contributed by atoms with van der Waals surface area (Å²) in [5, 5.41) is 2.54. The number of anilines is 1. The van der Waals surface area contributed by atoms with E-state index in [1.54, 1.807) is 0 Å². The summed E-state index contributed by atoms with van der Waals surface area (Å²) < 4.78 is 25.9. The second kappa shape index (κ2) is 5.55. The number of H-pyrrole nitrogens is 1. The molecule has 3 aromatic rings. The fraction of sp³-hybridized carbons (Fsp3) is 0.125. The molecule has 22 heavy (non-hydrogen) atoms. The van der Waals surface area contributed by atoms with E-state index in [9.17, 15) is 13.6 Å². The third-order valence-corrected chi connectivity index (χ3v) is 3.23. The Kier molecular flexibility index (Phi) is 3.58. The van der Waals surface area contributed by atoms with Gasteiger partial charge in [-0.1, -0.05) is 6.07 Å². The average Bonchev–Trinajstić information content (AvgIpc) is 2.82. The Morgan fingerprint density at radius 2 is 2.00 bits per heavy atom. The molecule has 1 heterocycles. The van der Waals surface area contributed by atoms with Crippen molar-refractivity contribution >= 4 is 22.6 Å². The zero-order chi connectivity index (χ0) is 15.7. The monoisotopic (exact) mass is 301 g/mol. The van der Waals surface area contributed by atoms with Crippen LogP contribution in [0.4, 0.5) is 14.5 Å². The van der Waals surface area contributed by atoms with E-state index in [0.717, 1.165) is 34.6 Å². The minimum absolute atomic E-state index is 0.132. The van der Waals surface area contributed by atoms with Gasteiger partial charge in [-0.25, -0.2) is 13.8 Å². The molecule has 6 heteroatoms. The highest BCUT2D eigenvalue weighted by Gasteiger charge is 2.08. The van der Waals surface area contributed by atoms with Gasteiger partial charge >= 0.3 is 0 Å². The first-order valence-electron chi connectivity index (χ1n) is 6.71. The lowest BCUT2D eigenvalue weighted by Gasteiger charge is -2.06. The van der Waals surface area contributed by atoms with Gasteiger partial charge in [-0.3, -0.25) is 4.79 Å². The number of hydrogen-bond acceptors (Lipinski definition) is 2. The Labute approximate surface area is 125 Å². The van der Waals surface area contributed by atoms with Gasteiger partial charge in [0, 0.05) is 11.8 Å². The van der Waals surface area contributed by atoms with Crippen molar-refractivity contribution in [3.05, 3.63) is 59.4 Å². The minimum atomic E-state index is -0.993. The second-order valence-electron chi connectivity index (χ2n) is 5.03. The number of halogens is 2. The topological polar surface area (TPSA) is 57.8 Å². The van der Waals surface area contributed by atoms with Crippen molar-refractivity contribution in [3.63, 3.8) is 0 Å². The molecular formula is C16H13F2N3O. The Balaban J connectivity index is 1.73. The molecule has 0 aliphatic rings. The van der Waals surface area contributed by atoms with Crippen LogP contribution in [0.25, 0.3) is 11.0 Å². The number of amides is 1. The summed E-state index contributed by atoms with van der Waals surface area (Å²) in [6, 6.07) is 8.74. The molecule has 0 saturated heterocycles. The van der Waals surface area contributed by atoms with Crippen LogP contribution in [0.2, 0.25) is 0 Å². The van der Waals surface area contributed by atoms with Crippen LogP contribution in [0, 0.1) is 18.6 Å². The maximum Gasteiger partial charge on any atom is 0.228 e. The van der Waals surface area contributed by atoms with Crippen LogP contribution in [0.1, 0.15) is 11.4 Å². The highest BCUT2D eigenvalue weighted by atomic mass is 19.2. The number of imidazole rings is 1. The molecule has 0 radical (unpaired) electrons. The molecule has 0 bridgehead atoms. The molecule has 0 spiro atoms. The van der Waals surface area contributed by atoms with E-state index in [4.69, 9.17) is 0 Å². The summed E-state index contributed by atoms with van der Waals surface area (Å²) >= 11 is 0. The maximum absolute atomic E-state index is 13.1. The fourth-order valence-electron chi connectivity index (χ4n) is 2.26. The van der Waals surface area contributed by atoms with Crippen molar-refractivity contribution in [3.8, 4) is 0 Å². The van der Waals surface area contributed by atoms with Crippen molar-refractivity contribution in [2.24, 2.45) is 0 Å². The normalized spacial score (nSPS) is 10.9. The van der Waals surface area contributed by atoms with Crippen LogP contribution in [0.5, 0.6) is 0 Å². The number of benzene rings is 2. The van der Waals surface area contributed by atoms with Crippen molar-refractivity contribution in [2.75, 3.05) is 5.32 Å². The maximum atomic E-state index is 13.1. The van der Waals surface area contributed by atoms with Crippen LogP contribution >= 0.6 is 0 Å². The first-order chi connectivity index (χ1) is 10.5. The Hall–Kier alpha value is -2.76. The number of carbonyl (C=O) groups excluding carboxylic acids is 1. The molecule has 0 saturated carbocycles. The van der Waals surface area contributed by atoms with Gasteiger partial charge in [0.15, 0.2) is 11.6 Å². The standard InChI is InChI=1S/C16H13F2N3O/c1-9-19-14-5-2-10(6-15(14)20-9)7-16(22)21-11-3-4-12(17)13(18)8-11/h2-6,8H,7H2,1H3,(H,19,20)(H,21,22). The van der Waals surface area contributed by atoms with Gasteiger partial charge in [0.25, 0.3) is 0 Å². The van der Waals surface area contributed by atoms with E-state index in [2.05, 4.69) is 15.3 Å². The predicted octanol–water partition coefficient (Wildman–Crippen LogP) is 3.33. The number of carbonyl (C=O) groups is 1. The number of aromatic amines is 1. The summed E-state index contributed by atoms with van der Waals surface area (Å²) in [5.74, 6) is -1.44. The van der Waals surface area contributed by atoms with Crippen molar-refractivity contribution < 1.29 is 13.6 Å². The molecule has 0 aliphatic heterocycles. The molecule has 2 N–H and O–H groups in total. The van der Waals surface area contributed by atoms with Gasteiger partial charge in [0.05, 0.1) is 17.5 Å². The summed E-state index contributed by atoms with van der Waals surface area (Å²) in [6.45, 7) is 1.86. The number of aryl methyl sites for hydroxylation is 1. The third-order valence-electron chi connectivity index (χ3n) is 3.23. The average molecular weight is 301 g/mol. The number of rotatable bonds is 3. The van der Waals surface area contributed by atoms with Crippen LogP contribution in [0.3, 0.4) is 0 Å². The molecule has 1 aromatic heterocycles. The van der Waals surface area contributed by atoms with E-state index >= 15 is 0 Å². The van der Waals surface area contributed by atoms with E-state index in [1.165, 1.54) is 6.07 Å². The molecule has 4 nitrogen and oxygen atoms in total. The Bertz CT molecular complexity index is 858. The Morgan fingerprint density at radius 1 is 1.18 bits per heavy atom. The van der Waals surface area contributed by atoms with Gasteiger partial charge in [-0.05, 0) is 36.8 Å². The molecule has 3 rings (SSSR count). The number of nitrogens with one attached hydrogen (secondary N) is 2. The van der Waals surface area contributed by atoms with Gasteiger partial charge < -0.3 is 10.3 Å². The Morgan fingerprint density at radius 3 is 2.77 bits per heavy atom. The highest BCUT2D eigenvalue weighted by Crippen LogP contribution is 2.16. The van der Waals surface area contributed by atoms with Crippen LogP contribution in [-0.2, 0) is 11.2 Å². The van der Waals surface area contributed by atoms with Crippen molar-refractivity contribution in [1.82, 2.24) is 9.97 Å².